The quantitative estimate of drug-likeness (QED) is 0.334. The summed E-state index contributed by atoms with van der Waals surface area (Å²) in [6.07, 6.45) is -10.2. The molecule has 0 aliphatic carbocycles. The van der Waals surface area contributed by atoms with Gasteiger partial charge in [0.25, 0.3) is 5.91 Å². The summed E-state index contributed by atoms with van der Waals surface area (Å²) < 4.78 is 113. The number of nitrogens with zero attached hydrogens (tertiary/aromatic N) is 1. The molecular weight excluding hydrogens is 504 g/mol. The van der Waals surface area contributed by atoms with E-state index >= 15 is 0 Å². The monoisotopic (exact) mass is 527 g/mol. The number of hydrogen-bond donors (Lipinski definition) is 0. The van der Waals surface area contributed by atoms with Crippen molar-refractivity contribution in [1.29, 1.82) is 0 Å². The van der Waals surface area contributed by atoms with E-state index in [0.29, 0.717) is 17.7 Å². The van der Waals surface area contributed by atoms with E-state index in [9.17, 15) is 39.6 Å². The molecule has 0 heterocycles. The van der Waals surface area contributed by atoms with Crippen LogP contribution in [0.1, 0.15) is 47.8 Å². The van der Waals surface area contributed by atoms with Crippen LogP contribution in [-0.4, -0.2) is 38.1 Å². The minimum absolute atomic E-state index is 0.0578. The van der Waals surface area contributed by atoms with Gasteiger partial charge in [-0.2, -0.15) is 34.8 Å². The number of halogens is 6. The van der Waals surface area contributed by atoms with Gasteiger partial charge >= 0.3 is 22.5 Å². The number of amides is 1. The number of benzene rings is 2. The number of rotatable bonds is 8. The zero-order valence-corrected chi connectivity index (χ0v) is 19.9. The van der Waals surface area contributed by atoms with Crippen molar-refractivity contribution in [2.45, 2.75) is 45.7 Å². The fourth-order valence-electron chi connectivity index (χ4n) is 3.01. The molecule has 0 spiro atoms. The van der Waals surface area contributed by atoms with E-state index in [2.05, 4.69) is 0 Å². The Bertz CT molecular complexity index is 1140. The summed E-state index contributed by atoms with van der Waals surface area (Å²) in [5.41, 5.74) is -3.70. The molecule has 0 fully saturated rings. The van der Waals surface area contributed by atoms with Crippen LogP contribution in [0, 0.1) is 0 Å². The number of alkyl halides is 6. The van der Waals surface area contributed by atoms with Crippen LogP contribution in [0.15, 0.2) is 36.4 Å². The Morgan fingerprint density at radius 2 is 1.49 bits per heavy atom. The summed E-state index contributed by atoms with van der Waals surface area (Å²) in [5.74, 6) is -1.52. The van der Waals surface area contributed by atoms with Crippen LogP contribution in [0.3, 0.4) is 0 Å². The maximum atomic E-state index is 13.2. The van der Waals surface area contributed by atoms with Crippen molar-refractivity contribution in [1.82, 2.24) is 4.90 Å². The van der Waals surface area contributed by atoms with E-state index in [-0.39, 0.29) is 29.9 Å². The Kier molecular flexibility index (Phi) is 8.36. The normalized spacial score (nSPS) is 12.5. The second-order valence-corrected chi connectivity index (χ2v) is 9.60. The van der Waals surface area contributed by atoms with Crippen molar-refractivity contribution in [2.24, 2.45) is 0 Å². The number of carbonyl (C=O) groups excluding carboxylic acids is 1. The van der Waals surface area contributed by atoms with Crippen LogP contribution in [-0.2, 0) is 29.0 Å². The third-order valence-corrected chi connectivity index (χ3v) is 6.01. The zero-order chi connectivity index (χ0) is 26.8. The topological polar surface area (TPSA) is 72.9 Å². The minimum atomic E-state index is -5.11. The van der Waals surface area contributed by atoms with Crippen molar-refractivity contribution in [2.75, 3.05) is 12.9 Å². The molecule has 13 heteroatoms. The van der Waals surface area contributed by atoms with Crippen molar-refractivity contribution in [3.8, 4) is 11.5 Å². The maximum absolute atomic E-state index is 13.2. The van der Waals surface area contributed by atoms with Crippen LogP contribution in [0.4, 0.5) is 26.3 Å². The first-order valence-electron chi connectivity index (χ1n) is 10.2. The minimum Gasteiger partial charge on any atom is -0.493 e. The number of ether oxygens (including phenoxy) is 1. The molecule has 0 bridgehead atoms. The Morgan fingerprint density at radius 3 is 1.91 bits per heavy atom. The molecule has 0 aliphatic rings. The number of methoxy groups -OCH3 is 1. The predicted octanol–water partition coefficient (Wildman–Crippen LogP) is 5.51. The molecule has 6 nitrogen and oxygen atoms in total. The highest BCUT2D eigenvalue weighted by Crippen LogP contribution is 2.37. The summed E-state index contributed by atoms with van der Waals surface area (Å²) in [6.45, 7) is 4.15. The lowest BCUT2D eigenvalue weighted by Gasteiger charge is -2.28. The summed E-state index contributed by atoms with van der Waals surface area (Å²) in [4.78, 5) is 14.1. The highest BCUT2D eigenvalue weighted by molar-refractivity contribution is 7.87. The molecule has 194 valence electrons. The second kappa shape index (κ2) is 10.3. The van der Waals surface area contributed by atoms with Crippen molar-refractivity contribution in [3.05, 3.63) is 58.7 Å². The molecule has 2 aromatic rings. The highest BCUT2D eigenvalue weighted by atomic mass is 32.2. The second-order valence-electron chi connectivity index (χ2n) is 7.74. The van der Waals surface area contributed by atoms with Crippen molar-refractivity contribution >= 4 is 16.0 Å². The molecule has 0 saturated carbocycles. The highest BCUT2D eigenvalue weighted by Gasteiger charge is 2.38. The van der Waals surface area contributed by atoms with Gasteiger partial charge in [-0.1, -0.05) is 6.07 Å². The van der Waals surface area contributed by atoms with Gasteiger partial charge in [0.15, 0.2) is 11.5 Å². The Morgan fingerprint density at radius 1 is 0.943 bits per heavy atom. The molecule has 0 radical (unpaired) electrons. The first kappa shape index (κ1) is 28.3. The SMILES string of the molecule is CCS(=O)(=O)Oc1cc(CN(C(=O)c2cc(C(F)(F)F)cc(C(F)(F)F)c2)C(C)C)ccc1OC. The van der Waals surface area contributed by atoms with Gasteiger partial charge in [-0.15, -0.1) is 0 Å². The van der Waals surface area contributed by atoms with Gasteiger partial charge in [0.1, 0.15) is 0 Å². The van der Waals surface area contributed by atoms with E-state index in [4.69, 9.17) is 8.92 Å². The lowest BCUT2D eigenvalue weighted by molar-refractivity contribution is -0.143. The lowest BCUT2D eigenvalue weighted by atomic mass is 10.0. The third kappa shape index (κ3) is 7.26. The molecule has 0 N–H and O–H groups in total. The van der Waals surface area contributed by atoms with Gasteiger partial charge in [0.05, 0.1) is 24.0 Å². The van der Waals surface area contributed by atoms with Gasteiger partial charge in [-0.05, 0) is 56.7 Å². The first-order valence-corrected chi connectivity index (χ1v) is 11.8. The molecule has 2 rings (SSSR count). The van der Waals surface area contributed by atoms with Crippen molar-refractivity contribution < 1.29 is 48.5 Å². The molecule has 0 aromatic heterocycles. The average Bonchev–Trinajstić information content (AvgIpc) is 2.75. The molecule has 0 saturated heterocycles. The van der Waals surface area contributed by atoms with Gasteiger partial charge in [-0.25, -0.2) is 0 Å². The average molecular weight is 527 g/mol. The molecule has 35 heavy (non-hydrogen) atoms. The van der Waals surface area contributed by atoms with E-state index in [1.165, 1.54) is 46.1 Å². The Balaban J connectivity index is 2.50. The van der Waals surface area contributed by atoms with Gasteiger partial charge in [0.2, 0.25) is 0 Å². The lowest BCUT2D eigenvalue weighted by Crippen LogP contribution is -2.36. The molecule has 1 amide bonds. The van der Waals surface area contributed by atoms with E-state index in [0.717, 1.165) is 4.90 Å². The van der Waals surface area contributed by atoms with Gasteiger partial charge < -0.3 is 13.8 Å². The number of hydrogen-bond acceptors (Lipinski definition) is 5. The molecule has 0 unspecified atom stereocenters. The largest absolute Gasteiger partial charge is 0.493 e. The van der Waals surface area contributed by atoms with Gasteiger partial charge in [-0.3, -0.25) is 4.79 Å². The molecule has 2 aromatic carbocycles. The number of carbonyl (C=O) groups is 1. The summed E-state index contributed by atoms with van der Waals surface area (Å²) >= 11 is 0. The molecule has 0 atom stereocenters. The van der Waals surface area contributed by atoms with E-state index in [1.54, 1.807) is 0 Å². The van der Waals surface area contributed by atoms with Crippen LogP contribution in [0.2, 0.25) is 0 Å². The van der Waals surface area contributed by atoms with Crippen LogP contribution >= 0.6 is 0 Å². The maximum Gasteiger partial charge on any atom is 0.416 e. The predicted molar refractivity (Wildman–Crippen MR) is 115 cm³/mol. The van der Waals surface area contributed by atoms with Gasteiger partial charge in [0, 0.05) is 18.2 Å². The summed E-state index contributed by atoms with van der Waals surface area (Å²) in [6, 6.07) is 4.12. The zero-order valence-electron chi connectivity index (χ0n) is 19.1. The molecular formula is C22H23F6NO5S. The Labute approximate surface area is 198 Å². The van der Waals surface area contributed by atoms with E-state index < -0.39 is 51.1 Å². The van der Waals surface area contributed by atoms with E-state index in [1.807, 2.05) is 0 Å². The standard InChI is InChI=1S/C22H23F6NO5S/c1-5-35(31,32)34-19-8-14(6-7-18(19)33-4)12-29(13(2)3)20(30)15-9-16(21(23,24)25)11-17(10-15)22(26,27)28/h6-11,13H,5,12H2,1-4H3. The molecule has 0 aliphatic heterocycles. The summed E-state index contributed by atoms with van der Waals surface area (Å²) in [7, 11) is -2.66. The third-order valence-electron chi connectivity index (χ3n) is 4.87. The fraction of sp³-hybridized carbons (Fsp3) is 0.409. The van der Waals surface area contributed by atoms with Crippen molar-refractivity contribution in [3.63, 3.8) is 0 Å². The first-order chi connectivity index (χ1) is 16.0. The van der Waals surface area contributed by atoms with Crippen LogP contribution in [0.25, 0.3) is 0 Å². The van der Waals surface area contributed by atoms with Crippen LogP contribution < -0.4 is 8.92 Å². The summed E-state index contributed by atoms with van der Waals surface area (Å²) in [5, 5.41) is 0. The van der Waals surface area contributed by atoms with Crippen LogP contribution in [0.5, 0.6) is 11.5 Å². The fourth-order valence-corrected chi connectivity index (χ4v) is 3.53. The smallest absolute Gasteiger partial charge is 0.416 e. The Hall–Kier alpha value is -2.96.